The summed E-state index contributed by atoms with van der Waals surface area (Å²) >= 11 is 0. The number of ether oxygens (including phenoxy) is 1. The Morgan fingerprint density at radius 1 is 1.00 bits per heavy atom. The number of nitrogens with two attached hydrogens (primary N) is 1. The number of halogens is 1. The van der Waals surface area contributed by atoms with Gasteiger partial charge in [0.1, 0.15) is 11.6 Å². The molecule has 0 saturated heterocycles. The summed E-state index contributed by atoms with van der Waals surface area (Å²) in [4.78, 5) is 8.56. The minimum atomic E-state index is -0.270. The summed E-state index contributed by atoms with van der Waals surface area (Å²) in [5.74, 6) is 0.763. The van der Waals surface area contributed by atoms with Gasteiger partial charge in [-0.1, -0.05) is 0 Å². The first-order chi connectivity index (χ1) is 10.6. The zero-order chi connectivity index (χ0) is 15.5. The van der Waals surface area contributed by atoms with Gasteiger partial charge in [-0.3, -0.25) is 4.98 Å². The van der Waals surface area contributed by atoms with E-state index < -0.39 is 0 Å². The van der Waals surface area contributed by atoms with Gasteiger partial charge in [-0.05, 0) is 49.4 Å². The minimum Gasteiger partial charge on any atom is -0.437 e. The number of nitrogen functional groups attached to an aromatic ring is 1. The molecule has 0 aliphatic carbocycles. The van der Waals surface area contributed by atoms with E-state index in [1.807, 2.05) is 13.0 Å². The molecule has 5 heteroatoms. The van der Waals surface area contributed by atoms with Gasteiger partial charge in [0.15, 0.2) is 0 Å². The maximum absolute atomic E-state index is 12.9. The predicted octanol–water partition coefficient (Wildman–Crippen LogP) is 3.97. The molecule has 0 spiro atoms. The molecule has 2 aromatic heterocycles. The van der Waals surface area contributed by atoms with E-state index in [1.165, 1.54) is 12.1 Å². The summed E-state index contributed by atoms with van der Waals surface area (Å²) in [5.41, 5.74) is 8.64. The fraction of sp³-hybridized carbons (Fsp3) is 0.0588. The number of nitrogens with zero attached hydrogens (tertiary/aromatic N) is 2. The summed E-state index contributed by atoms with van der Waals surface area (Å²) < 4.78 is 18.5. The summed E-state index contributed by atoms with van der Waals surface area (Å²) in [6.07, 6.45) is 1.60. The number of rotatable bonds is 3. The van der Waals surface area contributed by atoms with Crippen molar-refractivity contribution in [3.63, 3.8) is 0 Å². The first kappa shape index (κ1) is 14.0. The smallest absolute Gasteiger partial charge is 0.219 e. The average Bonchev–Trinajstić information content (AvgIpc) is 2.53. The van der Waals surface area contributed by atoms with Crippen molar-refractivity contribution in [2.45, 2.75) is 6.92 Å². The molecule has 0 unspecified atom stereocenters. The molecule has 0 radical (unpaired) electrons. The van der Waals surface area contributed by atoms with Crippen molar-refractivity contribution in [1.29, 1.82) is 0 Å². The van der Waals surface area contributed by atoms with E-state index in [2.05, 4.69) is 9.97 Å². The molecule has 1 aromatic carbocycles. The lowest BCUT2D eigenvalue weighted by Crippen LogP contribution is -1.95. The van der Waals surface area contributed by atoms with Crippen LogP contribution in [0.15, 0.2) is 54.7 Å². The van der Waals surface area contributed by atoms with Crippen molar-refractivity contribution in [2.75, 3.05) is 5.73 Å². The number of anilines is 1. The zero-order valence-electron chi connectivity index (χ0n) is 12.0. The first-order valence-electron chi connectivity index (χ1n) is 6.75. The number of aromatic nitrogens is 2. The normalized spacial score (nSPS) is 10.5. The van der Waals surface area contributed by atoms with Gasteiger partial charge in [-0.2, -0.15) is 0 Å². The van der Waals surface area contributed by atoms with E-state index >= 15 is 0 Å². The van der Waals surface area contributed by atoms with Crippen LogP contribution in [0.25, 0.3) is 11.3 Å². The van der Waals surface area contributed by atoms with Gasteiger partial charge in [-0.15, -0.1) is 0 Å². The van der Waals surface area contributed by atoms with Gasteiger partial charge < -0.3 is 10.5 Å². The molecule has 3 aromatic rings. The van der Waals surface area contributed by atoms with Crippen molar-refractivity contribution in [3.05, 3.63) is 66.2 Å². The van der Waals surface area contributed by atoms with Crippen LogP contribution in [0.3, 0.4) is 0 Å². The van der Waals surface area contributed by atoms with E-state index in [4.69, 9.17) is 10.5 Å². The van der Waals surface area contributed by atoms with Crippen molar-refractivity contribution in [1.82, 2.24) is 9.97 Å². The van der Waals surface area contributed by atoms with Crippen LogP contribution in [0.2, 0.25) is 0 Å². The van der Waals surface area contributed by atoms with Gasteiger partial charge >= 0.3 is 0 Å². The molecular weight excluding hydrogens is 281 g/mol. The molecule has 0 bridgehead atoms. The number of aryl methyl sites for hydroxylation is 1. The highest BCUT2D eigenvalue weighted by atomic mass is 19.1. The van der Waals surface area contributed by atoms with Crippen LogP contribution < -0.4 is 10.5 Å². The van der Waals surface area contributed by atoms with E-state index in [0.717, 1.165) is 11.3 Å². The monoisotopic (exact) mass is 295 g/mol. The summed E-state index contributed by atoms with van der Waals surface area (Å²) in [7, 11) is 0. The van der Waals surface area contributed by atoms with Gasteiger partial charge in [0.25, 0.3) is 0 Å². The van der Waals surface area contributed by atoms with Crippen molar-refractivity contribution in [3.8, 4) is 22.9 Å². The zero-order valence-corrected chi connectivity index (χ0v) is 12.0. The Labute approximate surface area is 127 Å². The molecule has 4 nitrogen and oxygen atoms in total. The molecule has 0 saturated carbocycles. The second-order valence-corrected chi connectivity index (χ2v) is 4.81. The van der Waals surface area contributed by atoms with Gasteiger partial charge in [-0.25, -0.2) is 9.37 Å². The maximum atomic E-state index is 12.9. The molecule has 0 atom stereocenters. The summed E-state index contributed by atoms with van der Waals surface area (Å²) in [6, 6.07) is 13.2. The van der Waals surface area contributed by atoms with Gasteiger partial charge in [0.2, 0.25) is 5.88 Å². The fourth-order valence-corrected chi connectivity index (χ4v) is 1.96. The number of pyridine rings is 2. The van der Waals surface area contributed by atoms with E-state index in [-0.39, 0.29) is 5.82 Å². The first-order valence-corrected chi connectivity index (χ1v) is 6.75. The lowest BCUT2D eigenvalue weighted by atomic mass is 10.1. The highest BCUT2D eigenvalue weighted by molar-refractivity contribution is 5.59. The SMILES string of the molecule is Cc1nc(Oc2ccc(-c3ccc(F)cc3)nc2)ccc1N. The van der Waals surface area contributed by atoms with Crippen molar-refractivity contribution >= 4 is 5.69 Å². The Morgan fingerprint density at radius 3 is 2.41 bits per heavy atom. The summed E-state index contributed by atoms with van der Waals surface area (Å²) in [6.45, 7) is 1.82. The maximum Gasteiger partial charge on any atom is 0.219 e. The topological polar surface area (TPSA) is 61.0 Å². The Kier molecular flexibility index (Phi) is 3.70. The Balaban J connectivity index is 1.79. The highest BCUT2D eigenvalue weighted by Gasteiger charge is 2.04. The quantitative estimate of drug-likeness (QED) is 0.794. The number of hydrogen-bond donors (Lipinski definition) is 1. The standard InChI is InChI=1S/C17H14FN3O/c1-11-15(19)7-9-17(21-11)22-14-6-8-16(20-10-14)12-2-4-13(18)5-3-12/h2-10H,19H2,1H3. The molecule has 2 heterocycles. The molecule has 110 valence electrons. The predicted molar refractivity (Wildman–Crippen MR) is 83.1 cm³/mol. The molecule has 3 rings (SSSR count). The van der Waals surface area contributed by atoms with Crippen LogP contribution in [0.4, 0.5) is 10.1 Å². The largest absolute Gasteiger partial charge is 0.437 e. The van der Waals surface area contributed by atoms with Crippen molar-refractivity contribution < 1.29 is 9.13 Å². The third-order valence-electron chi connectivity index (χ3n) is 3.20. The molecular formula is C17H14FN3O. The van der Waals surface area contributed by atoms with Crippen LogP contribution >= 0.6 is 0 Å². The highest BCUT2D eigenvalue weighted by Crippen LogP contribution is 2.24. The average molecular weight is 295 g/mol. The Hall–Kier alpha value is -2.95. The second-order valence-electron chi connectivity index (χ2n) is 4.81. The van der Waals surface area contributed by atoms with Crippen LogP contribution in [-0.4, -0.2) is 9.97 Å². The summed E-state index contributed by atoms with van der Waals surface area (Å²) in [5, 5.41) is 0. The molecule has 0 amide bonds. The van der Waals surface area contributed by atoms with E-state index in [0.29, 0.717) is 23.0 Å². The third-order valence-corrected chi connectivity index (χ3v) is 3.20. The Morgan fingerprint density at radius 2 is 1.77 bits per heavy atom. The van der Waals surface area contributed by atoms with Crippen molar-refractivity contribution in [2.24, 2.45) is 0 Å². The molecule has 0 aliphatic rings. The van der Waals surface area contributed by atoms with Crippen LogP contribution in [0, 0.1) is 12.7 Å². The molecule has 0 fully saturated rings. The molecule has 0 aliphatic heterocycles. The number of benzene rings is 1. The van der Waals surface area contributed by atoms with Gasteiger partial charge in [0.05, 0.1) is 23.3 Å². The molecule has 22 heavy (non-hydrogen) atoms. The second kappa shape index (κ2) is 5.81. The molecule has 2 N–H and O–H groups in total. The lowest BCUT2D eigenvalue weighted by molar-refractivity contribution is 0.460. The van der Waals surface area contributed by atoms with Crippen LogP contribution in [0.5, 0.6) is 11.6 Å². The lowest BCUT2D eigenvalue weighted by Gasteiger charge is -2.07. The van der Waals surface area contributed by atoms with Crippen LogP contribution in [-0.2, 0) is 0 Å². The van der Waals surface area contributed by atoms with Crippen LogP contribution in [0.1, 0.15) is 5.69 Å². The number of hydrogen-bond acceptors (Lipinski definition) is 4. The minimum absolute atomic E-state index is 0.270. The van der Waals surface area contributed by atoms with Gasteiger partial charge in [0, 0.05) is 11.6 Å². The Bertz CT molecular complexity index is 786. The third kappa shape index (κ3) is 3.03. The fourth-order valence-electron chi connectivity index (χ4n) is 1.96. The van der Waals surface area contributed by atoms with E-state index in [9.17, 15) is 4.39 Å². The van der Waals surface area contributed by atoms with E-state index in [1.54, 1.807) is 36.5 Å².